The molecule has 184 valence electrons. The molecule has 0 unspecified atom stereocenters. The molecule has 2 aliphatic rings. The number of thiocarbonyl (C=S) groups is 1. The normalized spacial score (nSPS) is 21.2. The highest BCUT2D eigenvalue weighted by Gasteiger charge is 2.42. The fourth-order valence-electron chi connectivity index (χ4n) is 5.39. The molecule has 0 amide bonds. The van der Waals surface area contributed by atoms with Crippen LogP contribution in [0.25, 0.3) is 0 Å². The van der Waals surface area contributed by atoms with Crippen LogP contribution in [0.5, 0.6) is 0 Å². The number of sulfonamides is 1. The fourth-order valence-corrected chi connectivity index (χ4v) is 6.37. The maximum Gasteiger partial charge on any atom is 0.229 e. The van der Waals surface area contributed by atoms with Gasteiger partial charge in [-0.2, -0.15) is 0 Å². The highest BCUT2D eigenvalue weighted by atomic mass is 32.2. The SMILES string of the molecule is Cc1cc(N2C(=S)N[C@@H](c3ccccn3)[C@@H]2c2cccn2C2CCCCC2)ccc1NS(C)(=O)=O. The number of nitrogens with zero attached hydrogens (tertiary/aromatic N) is 3. The Hall–Kier alpha value is -2.91. The van der Waals surface area contributed by atoms with E-state index >= 15 is 0 Å². The van der Waals surface area contributed by atoms with Crippen LogP contribution < -0.4 is 14.9 Å². The summed E-state index contributed by atoms with van der Waals surface area (Å²) in [6.45, 7) is 1.90. The molecule has 35 heavy (non-hydrogen) atoms. The van der Waals surface area contributed by atoms with Crippen LogP contribution in [0.1, 0.15) is 67.2 Å². The minimum absolute atomic E-state index is 0.0950. The lowest BCUT2D eigenvalue weighted by Gasteiger charge is -2.32. The molecule has 3 aromatic rings. The van der Waals surface area contributed by atoms with Crippen molar-refractivity contribution >= 4 is 38.7 Å². The standard InChI is InChI=1S/C26H31N5O2S2/c1-18-17-20(13-14-21(18)29-35(2,32)33)31-25(24(28-26(31)34)22-11-6-7-15-27-22)23-12-8-16-30(23)19-9-4-3-5-10-19/h6-8,11-17,19,24-25,29H,3-5,9-10H2,1-2H3,(H,28,34)/t24-,25-/m0/s1. The van der Waals surface area contributed by atoms with Crippen LogP contribution in [0.2, 0.25) is 0 Å². The predicted octanol–water partition coefficient (Wildman–Crippen LogP) is 5.25. The molecule has 7 nitrogen and oxygen atoms in total. The Morgan fingerprint density at radius 2 is 1.89 bits per heavy atom. The van der Waals surface area contributed by atoms with Crippen LogP contribution in [0, 0.1) is 6.92 Å². The van der Waals surface area contributed by atoms with Gasteiger partial charge < -0.3 is 14.8 Å². The minimum Gasteiger partial charge on any atom is -0.351 e. The molecule has 9 heteroatoms. The molecule has 1 aromatic carbocycles. The van der Waals surface area contributed by atoms with E-state index in [1.807, 2.05) is 43.5 Å². The monoisotopic (exact) mass is 509 g/mol. The van der Waals surface area contributed by atoms with E-state index in [-0.39, 0.29) is 12.1 Å². The predicted molar refractivity (Wildman–Crippen MR) is 144 cm³/mol. The molecular weight excluding hydrogens is 478 g/mol. The Morgan fingerprint density at radius 3 is 2.57 bits per heavy atom. The Morgan fingerprint density at radius 1 is 1.09 bits per heavy atom. The molecule has 1 saturated heterocycles. The van der Waals surface area contributed by atoms with Gasteiger partial charge in [-0.25, -0.2) is 8.42 Å². The zero-order chi connectivity index (χ0) is 24.6. The second kappa shape index (κ2) is 9.62. The number of hydrogen-bond acceptors (Lipinski definition) is 4. The summed E-state index contributed by atoms with van der Waals surface area (Å²) >= 11 is 5.88. The summed E-state index contributed by atoms with van der Waals surface area (Å²) in [5.74, 6) is 0. The van der Waals surface area contributed by atoms with E-state index in [1.165, 1.54) is 37.8 Å². The van der Waals surface area contributed by atoms with Crippen molar-refractivity contribution in [3.63, 3.8) is 0 Å². The first-order valence-corrected chi connectivity index (χ1v) is 14.4. The van der Waals surface area contributed by atoms with E-state index in [2.05, 4.69) is 42.8 Å². The number of benzene rings is 1. The van der Waals surface area contributed by atoms with Crippen LogP contribution in [-0.2, 0) is 10.0 Å². The average Bonchev–Trinajstić information content (AvgIpc) is 3.45. The summed E-state index contributed by atoms with van der Waals surface area (Å²) in [5, 5.41) is 4.16. The number of pyridine rings is 1. The molecule has 2 aromatic heterocycles. The molecule has 5 rings (SSSR count). The second-order valence-corrected chi connectivity index (χ2v) is 11.6. The maximum absolute atomic E-state index is 11.8. The molecule has 0 radical (unpaired) electrons. The topological polar surface area (TPSA) is 79.3 Å². The average molecular weight is 510 g/mol. The van der Waals surface area contributed by atoms with Gasteiger partial charge in [-0.1, -0.05) is 25.3 Å². The van der Waals surface area contributed by atoms with Gasteiger partial charge in [0, 0.05) is 29.8 Å². The Labute approximate surface area is 212 Å². The van der Waals surface area contributed by atoms with Crippen LogP contribution >= 0.6 is 12.2 Å². The van der Waals surface area contributed by atoms with E-state index in [0.29, 0.717) is 16.8 Å². The summed E-state index contributed by atoms with van der Waals surface area (Å²) in [7, 11) is -3.36. The Kier molecular flexibility index (Phi) is 6.55. The zero-order valence-electron chi connectivity index (χ0n) is 20.0. The second-order valence-electron chi connectivity index (χ2n) is 9.50. The van der Waals surface area contributed by atoms with E-state index < -0.39 is 10.0 Å². The van der Waals surface area contributed by atoms with Crippen molar-refractivity contribution in [2.24, 2.45) is 0 Å². The van der Waals surface area contributed by atoms with Crippen molar-refractivity contribution in [2.75, 3.05) is 15.9 Å². The van der Waals surface area contributed by atoms with E-state index in [9.17, 15) is 8.42 Å². The van der Waals surface area contributed by atoms with Gasteiger partial charge in [0.15, 0.2) is 5.11 Å². The van der Waals surface area contributed by atoms with Crippen LogP contribution in [0.15, 0.2) is 60.9 Å². The minimum atomic E-state index is -3.36. The summed E-state index contributed by atoms with van der Waals surface area (Å²) < 4.78 is 28.6. The summed E-state index contributed by atoms with van der Waals surface area (Å²) in [4.78, 5) is 6.82. The molecule has 0 spiro atoms. The quantitative estimate of drug-likeness (QED) is 0.442. The van der Waals surface area contributed by atoms with Gasteiger partial charge in [0.2, 0.25) is 10.0 Å². The van der Waals surface area contributed by atoms with Crippen molar-refractivity contribution < 1.29 is 8.42 Å². The largest absolute Gasteiger partial charge is 0.351 e. The van der Waals surface area contributed by atoms with E-state index in [4.69, 9.17) is 12.2 Å². The summed E-state index contributed by atoms with van der Waals surface area (Å²) in [6, 6.07) is 16.3. The first kappa shape index (κ1) is 23.8. The molecular formula is C26H31N5O2S2. The lowest BCUT2D eigenvalue weighted by Crippen LogP contribution is -2.31. The highest BCUT2D eigenvalue weighted by molar-refractivity contribution is 7.92. The number of aromatic nitrogens is 2. The van der Waals surface area contributed by atoms with Gasteiger partial charge in [0.25, 0.3) is 0 Å². The van der Waals surface area contributed by atoms with Gasteiger partial charge in [0.05, 0.1) is 23.7 Å². The lowest BCUT2D eigenvalue weighted by atomic mass is 9.94. The van der Waals surface area contributed by atoms with E-state index in [0.717, 1.165) is 23.2 Å². The van der Waals surface area contributed by atoms with Gasteiger partial charge in [-0.15, -0.1) is 0 Å². The van der Waals surface area contributed by atoms with Crippen molar-refractivity contribution in [1.82, 2.24) is 14.9 Å². The fraction of sp³-hybridized carbons (Fsp3) is 0.385. The smallest absolute Gasteiger partial charge is 0.229 e. The van der Waals surface area contributed by atoms with Crippen molar-refractivity contribution in [3.8, 4) is 0 Å². The van der Waals surface area contributed by atoms with Gasteiger partial charge in [0.1, 0.15) is 6.04 Å². The zero-order valence-corrected chi connectivity index (χ0v) is 21.6. The molecule has 3 heterocycles. The lowest BCUT2D eigenvalue weighted by molar-refractivity contribution is 0.340. The molecule has 2 fully saturated rings. The number of anilines is 2. The van der Waals surface area contributed by atoms with Crippen molar-refractivity contribution in [2.45, 2.75) is 57.2 Å². The molecule has 1 saturated carbocycles. The number of hydrogen-bond donors (Lipinski definition) is 2. The van der Waals surface area contributed by atoms with Gasteiger partial charge >= 0.3 is 0 Å². The third kappa shape index (κ3) is 4.92. The number of nitrogens with one attached hydrogen (secondary N) is 2. The molecule has 1 aliphatic carbocycles. The Bertz CT molecular complexity index is 1320. The first-order valence-electron chi connectivity index (χ1n) is 12.1. The molecule has 1 aliphatic heterocycles. The first-order chi connectivity index (χ1) is 16.8. The van der Waals surface area contributed by atoms with Gasteiger partial charge in [-0.05, 0) is 80.0 Å². The van der Waals surface area contributed by atoms with E-state index in [1.54, 1.807) is 6.07 Å². The number of rotatable bonds is 6. The number of aryl methyl sites for hydroxylation is 1. The van der Waals surface area contributed by atoms with Crippen molar-refractivity contribution in [1.29, 1.82) is 0 Å². The third-order valence-electron chi connectivity index (χ3n) is 6.96. The summed E-state index contributed by atoms with van der Waals surface area (Å²) in [6.07, 6.45) is 11.4. The van der Waals surface area contributed by atoms with Crippen LogP contribution in [0.4, 0.5) is 11.4 Å². The van der Waals surface area contributed by atoms with Crippen molar-refractivity contribution in [3.05, 3.63) is 77.9 Å². The highest BCUT2D eigenvalue weighted by Crippen LogP contribution is 2.44. The van der Waals surface area contributed by atoms with Gasteiger partial charge in [-0.3, -0.25) is 9.71 Å². The summed E-state index contributed by atoms with van der Waals surface area (Å²) in [5.41, 5.74) is 4.46. The van der Waals surface area contributed by atoms with Crippen LogP contribution in [-0.4, -0.2) is 29.3 Å². The maximum atomic E-state index is 11.8. The molecule has 2 N–H and O–H groups in total. The molecule has 0 bridgehead atoms. The Balaban J connectivity index is 1.58. The molecule has 2 atom stereocenters. The van der Waals surface area contributed by atoms with Crippen LogP contribution in [0.3, 0.4) is 0 Å². The third-order valence-corrected chi connectivity index (χ3v) is 7.87.